The van der Waals surface area contributed by atoms with E-state index in [9.17, 15) is 18.0 Å². The lowest BCUT2D eigenvalue weighted by molar-refractivity contribution is -0.137. The van der Waals surface area contributed by atoms with E-state index < -0.39 is 11.7 Å². The van der Waals surface area contributed by atoms with Crippen LogP contribution in [0, 0.1) is 0 Å². The lowest BCUT2D eigenvalue weighted by Crippen LogP contribution is -2.06. The summed E-state index contributed by atoms with van der Waals surface area (Å²) in [6, 6.07) is 8.71. The molecule has 0 aromatic heterocycles. The maximum atomic E-state index is 12.4. The van der Waals surface area contributed by atoms with Gasteiger partial charge in [0.2, 0.25) is 0 Å². The van der Waals surface area contributed by atoms with Crippen LogP contribution in [0.4, 0.5) is 13.2 Å². The number of halogens is 5. The monoisotopic (exact) mass is 362 g/mol. The van der Waals surface area contributed by atoms with Crippen molar-refractivity contribution >= 4 is 33.3 Å². The predicted octanol–water partition coefficient (Wildman–Crippen LogP) is 5.35. The Labute approximate surface area is 126 Å². The van der Waals surface area contributed by atoms with Gasteiger partial charge < -0.3 is 0 Å². The summed E-state index contributed by atoms with van der Waals surface area (Å²) in [5, 5.41) is 0.370. The number of hydrogen-bond donors (Lipinski definition) is 0. The van der Waals surface area contributed by atoms with Crippen LogP contribution in [0.5, 0.6) is 0 Å². The molecule has 0 heterocycles. The van der Waals surface area contributed by atoms with Crippen molar-refractivity contribution in [2.75, 3.05) is 0 Å². The van der Waals surface area contributed by atoms with Gasteiger partial charge in [0.05, 0.1) is 5.56 Å². The van der Waals surface area contributed by atoms with Gasteiger partial charge in [-0.2, -0.15) is 13.2 Å². The number of carbonyl (C=O) groups excluding carboxylic acids is 1. The van der Waals surface area contributed by atoms with Gasteiger partial charge in [0.15, 0.2) is 5.78 Å². The molecule has 2 aromatic carbocycles. The zero-order chi connectivity index (χ0) is 14.9. The Morgan fingerprint density at radius 3 is 2.10 bits per heavy atom. The Morgan fingerprint density at radius 1 is 1.00 bits per heavy atom. The number of rotatable bonds is 2. The standard InChI is InChI=1S/C14H7BrClF3O/c15-11-5-9(6-12(16)7-11)13(20)8-1-3-10(4-2-8)14(17,18)19/h1-7H. The van der Waals surface area contributed by atoms with Crippen molar-refractivity contribution in [1.29, 1.82) is 0 Å². The van der Waals surface area contributed by atoms with Gasteiger partial charge in [0, 0.05) is 20.6 Å². The molecule has 0 aliphatic heterocycles. The quantitative estimate of drug-likeness (QED) is 0.657. The van der Waals surface area contributed by atoms with Crippen molar-refractivity contribution in [3.05, 3.63) is 68.7 Å². The fourth-order valence-corrected chi connectivity index (χ4v) is 2.52. The van der Waals surface area contributed by atoms with E-state index in [-0.39, 0.29) is 11.3 Å². The second kappa shape index (κ2) is 5.58. The van der Waals surface area contributed by atoms with Gasteiger partial charge in [-0.3, -0.25) is 4.79 Å². The van der Waals surface area contributed by atoms with Crippen LogP contribution in [0.1, 0.15) is 21.5 Å². The molecule has 1 nitrogen and oxygen atoms in total. The van der Waals surface area contributed by atoms with Crippen molar-refractivity contribution < 1.29 is 18.0 Å². The normalized spacial score (nSPS) is 11.4. The molecular formula is C14H7BrClF3O. The second-order valence-electron chi connectivity index (χ2n) is 4.06. The first-order chi connectivity index (χ1) is 9.27. The van der Waals surface area contributed by atoms with Crippen molar-refractivity contribution in [2.24, 2.45) is 0 Å². The van der Waals surface area contributed by atoms with Crippen LogP contribution in [0.25, 0.3) is 0 Å². The summed E-state index contributed by atoms with van der Waals surface area (Å²) < 4.78 is 37.9. The molecule has 104 valence electrons. The molecule has 0 aliphatic rings. The van der Waals surface area contributed by atoms with Gasteiger partial charge in [-0.1, -0.05) is 39.7 Å². The fraction of sp³-hybridized carbons (Fsp3) is 0.0714. The highest BCUT2D eigenvalue weighted by atomic mass is 79.9. The van der Waals surface area contributed by atoms with E-state index in [4.69, 9.17) is 11.6 Å². The highest BCUT2D eigenvalue weighted by molar-refractivity contribution is 9.10. The summed E-state index contributed by atoms with van der Waals surface area (Å²) >= 11 is 9.04. The average molecular weight is 364 g/mol. The Kier molecular flexibility index (Phi) is 4.20. The maximum Gasteiger partial charge on any atom is 0.416 e. The minimum atomic E-state index is -4.42. The second-order valence-corrected chi connectivity index (χ2v) is 5.41. The average Bonchev–Trinajstić information content (AvgIpc) is 2.36. The van der Waals surface area contributed by atoms with Gasteiger partial charge in [-0.05, 0) is 30.3 Å². The maximum absolute atomic E-state index is 12.4. The zero-order valence-electron chi connectivity index (χ0n) is 9.84. The third-order valence-electron chi connectivity index (χ3n) is 2.60. The molecule has 0 fully saturated rings. The minimum absolute atomic E-state index is 0.173. The first-order valence-electron chi connectivity index (χ1n) is 5.45. The largest absolute Gasteiger partial charge is 0.416 e. The molecule has 0 saturated heterocycles. The lowest BCUT2D eigenvalue weighted by Gasteiger charge is -2.07. The van der Waals surface area contributed by atoms with Crippen molar-refractivity contribution in [3.8, 4) is 0 Å². The van der Waals surface area contributed by atoms with Gasteiger partial charge in [-0.25, -0.2) is 0 Å². The molecule has 0 amide bonds. The van der Waals surface area contributed by atoms with Gasteiger partial charge in [-0.15, -0.1) is 0 Å². The third kappa shape index (κ3) is 3.41. The third-order valence-corrected chi connectivity index (χ3v) is 3.28. The van der Waals surface area contributed by atoms with Crippen molar-refractivity contribution in [2.45, 2.75) is 6.18 Å². The van der Waals surface area contributed by atoms with Gasteiger partial charge in [0.25, 0.3) is 0 Å². The summed E-state index contributed by atoms with van der Waals surface area (Å²) in [5.41, 5.74) is -0.308. The van der Waals surface area contributed by atoms with Gasteiger partial charge in [0.1, 0.15) is 0 Å². The van der Waals surface area contributed by atoms with E-state index in [0.29, 0.717) is 15.1 Å². The Bertz CT molecular complexity index is 630. The van der Waals surface area contributed by atoms with E-state index >= 15 is 0 Å². The highest BCUT2D eigenvalue weighted by Gasteiger charge is 2.30. The van der Waals surface area contributed by atoms with Crippen LogP contribution in [0.2, 0.25) is 5.02 Å². The number of benzene rings is 2. The number of alkyl halides is 3. The Morgan fingerprint density at radius 2 is 1.60 bits per heavy atom. The first kappa shape index (κ1) is 15.1. The smallest absolute Gasteiger partial charge is 0.289 e. The van der Waals surface area contributed by atoms with Crippen molar-refractivity contribution in [1.82, 2.24) is 0 Å². The minimum Gasteiger partial charge on any atom is -0.289 e. The Hall–Kier alpha value is -1.33. The number of hydrogen-bond acceptors (Lipinski definition) is 1. The van der Waals surface area contributed by atoms with Crippen LogP contribution >= 0.6 is 27.5 Å². The summed E-state index contributed by atoms with van der Waals surface area (Å²) in [6.45, 7) is 0. The summed E-state index contributed by atoms with van der Waals surface area (Å²) in [4.78, 5) is 12.2. The molecule has 2 rings (SSSR count). The lowest BCUT2D eigenvalue weighted by atomic mass is 10.0. The highest BCUT2D eigenvalue weighted by Crippen LogP contribution is 2.29. The van der Waals surface area contributed by atoms with Crippen LogP contribution in [0.15, 0.2) is 46.9 Å². The number of ketones is 1. The molecular weight excluding hydrogens is 357 g/mol. The molecule has 20 heavy (non-hydrogen) atoms. The molecule has 0 unspecified atom stereocenters. The molecule has 0 spiro atoms. The molecule has 0 N–H and O–H groups in total. The van der Waals surface area contributed by atoms with Gasteiger partial charge >= 0.3 is 6.18 Å². The molecule has 0 atom stereocenters. The SMILES string of the molecule is O=C(c1ccc(C(F)(F)F)cc1)c1cc(Cl)cc(Br)c1. The summed E-state index contributed by atoms with van der Waals surface area (Å²) in [7, 11) is 0. The summed E-state index contributed by atoms with van der Waals surface area (Å²) in [6.07, 6.45) is -4.42. The van der Waals surface area contributed by atoms with E-state index in [2.05, 4.69) is 15.9 Å². The van der Waals surface area contributed by atoms with Crippen LogP contribution in [-0.4, -0.2) is 5.78 Å². The van der Waals surface area contributed by atoms with E-state index in [0.717, 1.165) is 24.3 Å². The molecule has 0 aliphatic carbocycles. The molecule has 0 radical (unpaired) electrons. The van der Waals surface area contributed by atoms with E-state index in [1.54, 1.807) is 12.1 Å². The zero-order valence-corrected chi connectivity index (χ0v) is 12.2. The molecule has 0 saturated carbocycles. The van der Waals surface area contributed by atoms with Crippen LogP contribution < -0.4 is 0 Å². The molecule has 2 aromatic rings. The molecule has 6 heteroatoms. The van der Waals surface area contributed by atoms with Crippen LogP contribution in [-0.2, 0) is 6.18 Å². The van der Waals surface area contributed by atoms with Crippen molar-refractivity contribution in [3.63, 3.8) is 0 Å². The topological polar surface area (TPSA) is 17.1 Å². The van der Waals surface area contributed by atoms with E-state index in [1.807, 2.05) is 0 Å². The summed E-state index contributed by atoms with van der Waals surface area (Å²) in [5.74, 6) is -0.387. The first-order valence-corrected chi connectivity index (χ1v) is 6.62. The Balaban J connectivity index is 2.34. The predicted molar refractivity (Wildman–Crippen MR) is 74.0 cm³/mol. The van der Waals surface area contributed by atoms with Crippen LogP contribution in [0.3, 0.4) is 0 Å². The van der Waals surface area contributed by atoms with E-state index in [1.165, 1.54) is 6.07 Å². The fourth-order valence-electron chi connectivity index (χ4n) is 1.66. The number of carbonyl (C=O) groups is 1. The molecule has 0 bridgehead atoms.